The fourth-order valence-electron chi connectivity index (χ4n) is 3.44. The largest absolute Gasteiger partial charge is 0.550 e. The minimum atomic E-state index is -1.41. The summed E-state index contributed by atoms with van der Waals surface area (Å²) in [6.45, 7) is 14.1. The van der Waals surface area contributed by atoms with Crippen molar-refractivity contribution in [3.63, 3.8) is 0 Å². The lowest BCUT2D eigenvalue weighted by atomic mass is 9.69. The van der Waals surface area contributed by atoms with Crippen molar-refractivity contribution in [2.75, 3.05) is 0 Å². The molecule has 2 atom stereocenters. The Morgan fingerprint density at radius 3 is 2.25 bits per heavy atom. The van der Waals surface area contributed by atoms with E-state index in [4.69, 9.17) is 4.43 Å². The molecule has 0 radical (unpaired) electrons. The van der Waals surface area contributed by atoms with Crippen LogP contribution in [0.25, 0.3) is 0 Å². The summed E-state index contributed by atoms with van der Waals surface area (Å²) in [6.07, 6.45) is 6.17. The van der Waals surface area contributed by atoms with Gasteiger partial charge in [0.25, 0.3) is 0 Å². The Morgan fingerprint density at radius 1 is 1.25 bits per heavy atom. The molecule has 1 nitrogen and oxygen atoms in total. The van der Waals surface area contributed by atoms with E-state index in [9.17, 15) is 0 Å². The van der Waals surface area contributed by atoms with Crippen LogP contribution in [-0.4, -0.2) is 8.32 Å². The Labute approximate surface area is 101 Å². The second-order valence-electron chi connectivity index (χ2n) is 7.37. The first kappa shape index (κ1) is 12.2. The maximum absolute atomic E-state index is 6.00. The van der Waals surface area contributed by atoms with Crippen molar-refractivity contribution in [2.24, 2.45) is 16.7 Å². The van der Waals surface area contributed by atoms with Crippen LogP contribution in [0.5, 0.6) is 0 Å². The highest BCUT2D eigenvalue weighted by molar-refractivity contribution is 6.69. The van der Waals surface area contributed by atoms with Gasteiger partial charge < -0.3 is 4.43 Å². The molecule has 2 bridgehead atoms. The lowest BCUT2D eigenvalue weighted by Gasteiger charge is -2.35. The van der Waals surface area contributed by atoms with Crippen molar-refractivity contribution >= 4 is 8.32 Å². The highest BCUT2D eigenvalue weighted by atomic mass is 28.4. The standard InChI is InChI=1S/C14H26OSi/c1-13(2)11-7-8-14(13,3)12(9-11)10-15-16(4,5)6/h10-11H,7-9H2,1-6H3/b12-10-. The van der Waals surface area contributed by atoms with Crippen molar-refractivity contribution in [3.8, 4) is 0 Å². The first-order valence-corrected chi connectivity index (χ1v) is 9.95. The lowest BCUT2D eigenvalue weighted by Crippen LogP contribution is -2.29. The van der Waals surface area contributed by atoms with Crippen LogP contribution in [0.2, 0.25) is 19.6 Å². The molecule has 0 N–H and O–H groups in total. The maximum atomic E-state index is 6.00. The predicted molar refractivity (Wildman–Crippen MR) is 71.7 cm³/mol. The minimum Gasteiger partial charge on any atom is -0.550 e. The van der Waals surface area contributed by atoms with E-state index in [2.05, 4.69) is 46.7 Å². The molecule has 2 rings (SSSR count). The predicted octanol–water partition coefficient (Wildman–Crippen LogP) is 4.57. The third kappa shape index (κ3) is 1.66. The van der Waals surface area contributed by atoms with Crippen molar-refractivity contribution < 1.29 is 4.43 Å². The molecule has 0 aromatic rings. The Bertz CT molecular complexity index is 324. The molecular formula is C14H26OSi. The Kier molecular flexibility index (Phi) is 2.58. The van der Waals surface area contributed by atoms with Gasteiger partial charge in [-0.15, -0.1) is 0 Å². The van der Waals surface area contributed by atoms with Crippen molar-refractivity contribution in [2.45, 2.75) is 59.7 Å². The monoisotopic (exact) mass is 238 g/mol. The second kappa shape index (κ2) is 3.38. The van der Waals surface area contributed by atoms with Crippen LogP contribution in [0.1, 0.15) is 40.0 Å². The molecule has 0 aliphatic heterocycles. The Morgan fingerprint density at radius 2 is 1.88 bits per heavy atom. The molecule has 0 aromatic heterocycles. The third-order valence-corrected chi connectivity index (χ3v) is 5.99. The highest BCUT2D eigenvalue weighted by Crippen LogP contribution is 2.67. The molecule has 2 unspecified atom stereocenters. The molecule has 0 spiro atoms. The number of rotatable bonds is 2. The van der Waals surface area contributed by atoms with Crippen LogP contribution in [0.15, 0.2) is 11.8 Å². The van der Waals surface area contributed by atoms with E-state index in [1.165, 1.54) is 19.3 Å². The number of allylic oxidation sites excluding steroid dienone is 1. The normalized spacial score (nSPS) is 39.4. The second-order valence-corrected chi connectivity index (χ2v) is 11.8. The van der Waals surface area contributed by atoms with E-state index in [-0.39, 0.29) is 0 Å². The lowest BCUT2D eigenvalue weighted by molar-refractivity contribution is 0.177. The van der Waals surface area contributed by atoms with Crippen molar-refractivity contribution in [3.05, 3.63) is 11.8 Å². The molecular weight excluding hydrogens is 212 g/mol. The molecule has 0 saturated heterocycles. The first-order chi connectivity index (χ1) is 7.17. The molecule has 2 saturated carbocycles. The van der Waals surface area contributed by atoms with Gasteiger partial charge in [0.1, 0.15) is 0 Å². The van der Waals surface area contributed by atoms with Gasteiger partial charge in [-0.25, -0.2) is 0 Å². The highest BCUT2D eigenvalue weighted by Gasteiger charge is 2.58. The molecule has 2 aliphatic carbocycles. The fourth-order valence-corrected chi connectivity index (χ4v) is 3.94. The number of hydrogen-bond acceptors (Lipinski definition) is 1. The van der Waals surface area contributed by atoms with Crippen LogP contribution >= 0.6 is 0 Å². The summed E-state index contributed by atoms with van der Waals surface area (Å²) in [5.41, 5.74) is 2.45. The van der Waals surface area contributed by atoms with Gasteiger partial charge in [0, 0.05) is 0 Å². The van der Waals surface area contributed by atoms with Gasteiger partial charge in [-0.3, -0.25) is 0 Å². The molecule has 2 aliphatic rings. The molecule has 0 amide bonds. The maximum Gasteiger partial charge on any atom is 0.241 e. The number of fused-ring (bicyclic) bond motifs is 2. The van der Waals surface area contributed by atoms with Crippen LogP contribution in [0, 0.1) is 16.7 Å². The fraction of sp³-hybridized carbons (Fsp3) is 0.857. The van der Waals surface area contributed by atoms with Crippen LogP contribution in [0.4, 0.5) is 0 Å². The summed E-state index contributed by atoms with van der Waals surface area (Å²) < 4.78 is 6.00. The topological polar surface area (TPSA) is 9.23 Å². The molecule has 2 heteroatoms. The minimum absolute atomic E-state index is 0.400. The molecule has 0 aromatic carbocycles. The average molecular weight is 238 g/mol. The summed E-state index contributed by atoms with van der Waals surface area (Å²) in [4.78, 5) is 0. The van der Waals surface area contributed by atoms with Gasteiger partial charge in [-0.1, -0.05) is 20.8 Å². The van der Waals surface area contributed by atoms with Crippen molar-refractivity contribution in [1.29, 1.82) is 0 Å². The quantitative estimate of drug-likeness (QED) is 0.506. The van der Waals surface area contributed by atoms with E-state index in [0.717, 1.165) is 5.92 Å². The SMILES string of the molecule is CC12CCC(C/C1=C/O[Si](C)(C)C)C2(C)C. The molecule has 2 fully saturated rings. The Balaban J connectivity index is 2.22. The Hall–Kier alpha value is -0.243. The average Bonchev–Trinajstić information content (AvgIpc) is 2.45. The van der Waals surface area contributed by atoms with Crippen LogP contribution < -0.4 is 0 Å². The van der Waals surface area contributed by atoms with Crippen molar-refractivity contribution in [1.82, 2.24) is 0 Å². The van der Waals surface area contributed by atoms with E-state index in [1.807, 2.05) is 0 Å². The van der Waals surface area contributed by atoms with Gasteiger partial charge in [0.15, 0.2) is 0 Å². The zero-order chi connectivity index (χ0) is 12.2. The zero-order valence-electron chi connectivity index (χ0n) is 11.7. The summed E-state index contributed by atoms with van der Waals surface area (Å²) in [7, 11) is -1.41. The zero-order valence-corrected chi connectivity index (χ0v) is 12.7. The molecule has 16 heavy (non-hydrogen) atoms. The van der Waals surface area contributed by atoms with E-state index in [0.29, 0.717) is 10.8 Å². The van der Waals surface area contributed by atoms with E-state index in [1.54, 1.807) is 5.57 Å². The van der Waals surface area contributed by atoms with Gasteiger partial charge in [0.05, 0.1) is 6.26 Å². The first-order valence-electron chi connectivity index (χ1n) is 6.54. The third-order valence-electron chi connectivity index (χ3n) is 5.17. The smallest absolute Gasteiger partial charge is 0.241 e. The molecule has 0 heterocycles. The van der Waals surface area contributed by atoms with Gasteiger partial charge >= 0.3 is 0 Å². The summed E-state index contributed by atoms with van der Waals surface area (Å²) in [6, 6.07) is 0. The summed E-state index contributed by atoms with van der Waals surface area (Å²) >= 11 is 0. The summed E-state index contributed by atoms with van der Waals surface area (Å²) in [5, 5.41) is 0. The van der Waals surface area contributed by atoms with Gasteiger partial charge in [-0.2, -0.15) is 0 Å². The van der Waals surface area contributed by atoms with Crippen LogP contribution in [0.3, 0.4) is 0 Å². The van der Waals surface area contributed by atoms with E-state index >= 15 is 0 Å². The number of hydrogen-bond donors (Lipinski definition) is 0. The van der Waals surface area contributed by atoms with E-state index < -0.39 is 8.32 Å². The summed E-state index contributed by atoms with van der Waals surface area (Å²) in [5.74, 6) is 0.883. The van der Waals surface area contributed by atoms with Crippen LogP contribution in [-0.2, 0) is 4.43 Å². The van der Waals surface area contributed by atoms with Gasteiger partial charge in [-0.05, 0) is 61.2 Å². The molecule has 92 valence electrons. The van der Waals surface area contributed by atoms with Gasteiger partial charge in [0.2, 0.25) is 8.32 Å².